The van der Waals surface area contributed by atoms with Gasteiger partial charge in [0.05, 0.1) is 11.7 Å². The highest BCUT2D eigenvalue weighted by molar-refractivity contribution is 7.80. The largest absolute Gasteiger partial charge is 0.454 e. The molecule has 0 aromatic heterocycles. The Labute approximate surface area is 141 Å². The van der Waals surface area contributed by atoms with Crippen LogP contribution in [0.25, 0.3) is 0 Å². The smallest absolute Gasteiger partial charge is 0.231 e. The van der Waals surface area contributed by atoms with Crippen LogP contribution in [0, 0.1) is 0 Å². The Morgan fingerprint density at radius 1 is 1.13 bits per heavy atom. The van der Waals surface area contributed by atoms with Gasteiger partial charge in [-0.1, -0.05) is 30.3 Å². The number of anilines is 1. The van der Waals surface area contributed by atoms with E-state index >= 15 is 0 Å². The van der Waals surface area contributed by atoms with Crippen LogP contribution < -0.4 is 19.7 Å². The maximum Gasteiger partial charge on any atom is 0.231 e. The minimum atomic E-state index is 0.0169. The molecule has 0 saturated heterocycles. The van der Waals surface area contributed by atoms with Gasteiger partial charge in [-0.2, -0.15) is 0 Å². The van der Waals surface area contributed by atoms with E-state index in [-0.39, 0.29) is 18.9 Å². The summed E-state index contributed by atoms with van der Waals surface area (Å²) in [7, 11) is 0. The first kappa shape index (κ1) is 14.3. The van der Waals surface area contributed by atoms with Crippen molar-refractivity contribution in [2.75, 3.05) is 11.7 Å². The first-order chi connectivity index (χ1) is 11.1. The second-order valence-corrected chi connectivity index (χ2v) is 6.41. The third-order valence-electron chi connectivity index (χ3n) is 4.23. The fourth-order valence-corrected chi connectivity index (χ4v) is 3.62. The molecule has 4 rings (SSSR count). The average Bonchev–Trinajstić information content (AvgIpc) is 3.00. The number of hydrogen-bond donors (Lipinski definition) is 1. The fourth-order valence-electron chi connectivity index (χ4n) is 3.19. The molecule has 2 aromatic rings. The molecule has 1 unspecified atom stereocenters. The predicted octanol–water partition coefficient (Wildman–Crippen LogP) is 3.61. The van der Waals surface area contributed by atoms with Crippen LogP contribution in [0.5, 0.6) is 11.5 Å². The molecule has 1 N–H and O–H groups in total. The van der Waals surface area contributed by atoms with E-state index in [9.17, 15) is 0 Å². The van der Waals surface area contributed by atoms with E-state index in [4.69, 9.17) is 21.7 Å². The van der Waals surface area contributed by atoms with Crippen molar-refractivity contribution in [3.8, 4) is 11.5 Å². The summed E-state index contributed by atoms with van der Waals surface area (Å²) in [5, 5.41) is 4.21. The Morgan fingerprint density at radius 3 is 2.52 bits per heavy atom. The van der Waals surface area contributed by atoms with Gasteiger partial charge in [0.25, 0.3) is 0 Å². The molecule has 0 amide bonds. The molecule has 0 fully saturated rings. The number of nitrogens with zero attached hydrogens (tertiary/aromatic N) is 1. The molecule has 0 radical (unpaired) electrons. The molecular weight excluding hydrogens is 308 g/mol. The molecule has 2 aliphatic rings. The van der Waals surface area contributed by atoms with Crippen LogP contribution in [0.3, 0.4) is 0 Å². The fraction of sp³-hybridized carbons (Fsp3) is 0.278. The highest BCUT2D eigenvalue weighted by Crippen LogP contribution is 2.44. The van der Waals surface area contributed by atoms with Gasteiger partial charge in [0.15, 0.2) is 16.6 Å². The number of rotatable bonds is 2. The summed E-state index contributed by atoms with van der Waals surface area (Å²) < 4.78 is 11.1. The molecule has 1 atom stereocenters. The number of hydrogen-bond acceptors (Lipinski definition) is 3. The summed E-state index contributed by atoms with van der Waals surface area (Å²) in [4.78, 5) is 2.13. The summed E-state index contributed by atoms with van der Waals surface area (Å²) in [5.41, 5.74) is 3.42. The maximum atomic E-state index is 5.63. The van der Waals surface area contributed by atoms with Crippen LogP contribution in [-0.4, -0.2) is 17.9 Å². The van der Waals surface area contributed by atoms with Crippen molar-refractivity contribution in [2.24, 2.45) is 0 Å². The van der Waals surface area contributed by atoms with E-state index in [1.807, 2.05) is 24.3 Å². The molecule has 0 saturated carbocycles. The summed E-state index contributed by atoms with van der Waals surface area (Å²) in [6.07, 6.45) is 0. The Balaban J connectivity index is 1.90. The number of benzene rings is 2. The van der Waals surface area contributed by atoms with Crippen molar-refractivity contribution in [3.63, 3.8) is 0 Å². The Bertz CT molecular complexity index is 761. The van der Waals surface area contributed by atoms with E-state index < -0.39 is 0 Å². The summed E-state index contributed by atoms with van der Waals surface area (Å²) in [6, 6.07) is 14.7. The SMILES string of the molecule is CC(C)N1C(=S)NC(c2ccccc2)c2cc3c(cc21)OCO3. The van der Waals surface area contributed by atoms with Gasteiger partial charge in [-0.05, 0) is 37.7 Å². The van der Waals surface area contributed by atoms with Gasteiger partial charge in [-0.25, -0.2) is 0 Å². The molecule has 2 aliphatic heterocycles. The molecule has 118 valence electrons. The lowest BCUT2D eigenvalue weighted by Crippen LogP contribution is -2.49. The molecule has 5 heteroatoms. The Hall–Kier alpha value is -2.27. The van der Waals surface area contributed by atoms with E-state index in [1.54, 1.807) is 0 Å². The minimum absolute atomic E-state index is 0.0169. The average molecular weight is 326 g/mol. The number of fused-ring (bicyclic) bond motifs is 2. The molecule has 2 heterocycles. The Morgan fingerprint density at radius 2 is 1.83 bits per heavy atom. The standard InChI is InChI=1S/C18H18N2O2S/c1-11(2)20-14-9-16-15(21-10-22-16)8-13(14)17(19-18(20)23)12-6-4-3-5-7-12/h3-9,11,17H,10H2,1-2H3,(H,19,23). The van der Waals surface area contributed by atoms with Gasteiger partial charge >= 0.3 is 0 Å². The van der Waals surface area contributed by atoms with Crippen LogP contribution in [0.4, 0.5) is 5.69 Å². The molecule has 0 bridgehead atoms. The van der Waals surface area contributed by atoms with E-state index in [1.165, 1.54) is 5.56 Å². The van der Waals surface area contributed by atoms with E-state index in [0.29, 0.717) is 0 Å². The topological polar surface area (TPSA) is 33.7 Å². The van der Waals surface area contributed by atoms with Gasteiger partial charge in [-0.15, -0.1) is 0 Å². The maximum absolute atomic E-state index is 5.63. The highest BCUT2D eigenvalue weighted by atomic mass is 32.1. The molecule has 2 aromatic carbocycles. The van der Waals surface area contributed by atoms with Gasteiger partial charge in [-0.3, -0.25) is 0 Å². The lowest BCUT2D eigenvalue weighted by atomic mass is 9.94. The predicted molar refractivity (Wildman–Crippen MR) is 94.2 cm³/mol. The van der Waals surface area contributed by atoms with Gasteiger partial charge in [0, 0.05) is 17.7 Å². The zero-order valence-electron chi connectivity index (χ0n) is 13.1. The van der Waals surface area contributed by atoms with Crippen LogP contribution in [0.15, 0.2) is 42.5 Å². The van der Waals surface area contributed by atoms with Gasteiger partial charge in [0.1, 0.15) is 0 Å². The first-order valence-corrected chi connectivity index (χ1v) is 8.14. The highest BCUT2D eigenvalue weighted by Gasteiger charge is 2.33. The second kappa shape index (κ2) is 5.42. The normalized spacial score (nSPS) is 18.8. The van der Waals surface area contributed by atoms with Gasteiger partial charge in [0.2, 0.25) is 6.79 Å². The first-order valence-electron chi connectivity index (χ1n) is 7.73. The van der Waals surface area contributed by atoms with Crippen LogP contribution in [-0.2, 0) is 0 Å². The molecule has 0 aliphatic carbocycles. The van der Waals surface area contributed by atoms with E-state index in [0.717, 1.165) is 27.9 Å². The molecule has 0 spiro atoms. The lowest BCUT2D eigenvalue weighted by molar-refractivity contribution is 0.174. The number of nitrogens with one attached hydrogen (secondary N) is 1. The van der Waals surface area contributed by atoms with Crippen molar-refractivity contribution in [1.82, 2.24) is 5.32 Å². The lowest BCUT2D eigenvalue weighted by Gasteiger charge is -2.39. The molecular formula is C18H18N2O2S. The van der Waals surface area contributed by atoms with Crippen LogP contribution in [0.2, 0.25) is 0 Å². The zero-order valence-corrected chi connectivity index (χ0v) is 13.9. The van der Waals surface area contributed by atoms with E-state index in [2.05, 4.69) is 42.3 Å². The second-order valence-electron chi connectivity index (χ2n) is 6.02. The van der Waals surface area contributed by atoms with Crippen LogP contribution in [0.1, 0.15) is 31.0 Å². The van der Waals surface area contributed by atoms with Crippen molar-refractivity contribution in [2.45, 2.75) is 25.9 Å². The summed E-state index contributed by atoms with van der Waals surface area (Å²) in [5.74, 6) is 1.58. The Kier molecular flexibility index (Phi) is 3.38. The minimum Gasteiger partial charge on any atom is -0.454 e. The van der Waals surface area contributed by atoms with Crippen molar-refractivity contribution in [3.05, 3.63) is 53.6 Å². The summed E-state index contributed by atoms with van der Waals surface area (Å²) in [6.45, 7) is 4.53. The number of thiocarbonyl (C=S) groups is 1. The van der Waals surface area contributed by atoms with Crippen LogP contribution >= 0.6 is 12.2 Å². The molecule has 23 heavy (non-hydrogen) atoms. The monoisotopic (exact) mass is 326 g/mol. The third-order valence-corrected chi connectivity index (χ3v) is 4.54. The summed E-state index contributed by atoms with van der Waals surface area (Å²) >= 11 is 5.63. The quantitative estimate of drug-likeness (QED) is 0.853. The van der Waals surface area contributed by atoms with Crippen molar-refractivity contribution < 1.29 is 9.47 Å². The van der Waals surface area contributed by atoms with Crippen molar-refractivity contribution in [1.29, 1.82) is 0 Å². The van der Waals surface area contributed by atoms with Crippen molar-refractivity contribution >= 4 is 23.0 Å². The third kappa shape index (κ3) is 2.32. The zero-order chi connectivity index (χ0) is 16.0. The van der Waals surface area contributed by atoms with Gasteiger partial charge < -0.3 is 19.7 Å². The molecule has 4 nitrogen and oxygen atoms in total. The number of ether oxygens (including phenoxy) is 2.